The van der Waals surface area contributed by atoms with E-state index in [4.69, 9.17) is 5.73 Å². The maximum atomic E-state index is 11.0. The molecule has 0 saturated carbocycles. The molecule has 0 unspecified atom stereocenters. The number of aromatic nitrogens is 2. The van der Waals surface area contributed by atoms with Crippen molar-refractivity contribution in [3.8, 4) is 11.3 Å². The highest BCUT2D eigenvalue weighted by molar-refractivity contribution is 5.89. The Morgan fingerprint density at radius 3 is 2.65 bits per heavy atom. The highest BCUT2D eigenvalue weighted by Gasteiger charge is 2.08. The highest BCUT2D eigenvalue weighted by atomic mass is 16.1. The normalized spacial score (nSPS) is 10.2. The lowest BCUT2D eigenvalue weighted by molar-refractivity contribution is 0.0990. The first-order valence-electron chi connectivity index (χ1n) is 5.28. The predicted octanol–water partition coefficient (Wildman–Crippen LogP) is 1.86. The van der Waals surface area contributed by atoms with Crippen LogP contribution in [0.25, 0.3) is 11.3 Å². The van der Waals surface area contributed by atoms with Crippen LogP contribution in [0, 0.1) is 13.8 Å². The molecule has 0 spiro atoms. The molecule has 0 aliphatic carbocycles. The fraction of sp³-hybridized carbons (Fsp3) is 0.154. The van der Waals surface area contributed by atoms with Gasteiger partial charge in [-0.25, -0.2) is 9.97 Å². The van der Waals surface area contributed by atoms with E-state index < -0.39 is 5.91 Å². The monoisotopic (exact) mass is 227 g/mol. The van der Waals surface area contributed by atoms with E-state index in [-0.39, 0.29) is 5.82 Å². The van der Waals surface area contributed by atoms with Crippen LogP contribution in [0.2, 0.25) is 0 Å². The van der Waals surface area contributed by atoms with Gasteiger partial charge >= 0.3 is 0 Å². The van der Waals surface area contributed by atoms with Gasteiger partial charge in [0, 0.05) is 11.8 Å². The summed E-state index contributed by atoms with van der Waals surface area (Å²) in [7, 11) is 0. The summed E-state index contributed by atoms with van der Waals surface area (Å²) < 4.78 is 0. The minimum atomic E-state index is -0.614. The molecule has 1 aromatic carbocycles. The zero-order chi connectivity index (χ0) is 12.4. The summed E-state index contributed by atoms with van der Waals surface area (Å²) in [4.78, 5) is 19.0. The smallest absolute Gasteiger partial charge is 0.286 e. The Labute approximate surface area is 99.5 Å². The Balaban J connectivity index is 2.53. The van der Waals surface area contributed by atoms with Gasteiger partial charge in [0.1, 0.15) is 0 Å². The number of amides is 1. The number of hydrogen-bond acceptors (Lipinski definition) is 3. The Kier molecular flexibility index (Phi) is 2.87. The Morgan fingerprint density at radius 2 is 2.00 bits per heavy atom. The molecule has 0 saturated heterocycles. The van der Waals surface area contributed by atoms with Crippen LogP contribution in [0.1, 0.15) is 21.7 Å². The molecule has 2 aromatic rings. The Morgan fingerprint density at radius 1 is 1.24 bits per heavy atom. The molecule has 0 aliphatic rings. The van der Waals surface area contributed by atoms with Crippen LogP contribution < -0.4 is 5.73 Å². The van der Waals surface area contributed by atoms with E-state index in [0.717, 1.165) is 11.1 Å². The van der Waals surface area contributed by atoms with Gasteiger partial charge < -0.3 is 5.73 Å². The second-order valence-corrected chi connectivity index (χ2v) is 3.95. The second-order valence-electron chi connectivity index (χ2n) is 3.95. The second kappa shape index (κ2) is 4.33. The van der Waals surface area contributed by atoms with Crippen LogP contribution in [-0.4, -0.2) is 15.9 Å². The fourth-order valence-corrected chi connectivity index (χ4v) is 1.73. The average molecular weight is 227 g/mol. The lowest BCUT2D eigenvalue weighted by atomic mass is 10.0. The van der Waals surface area contributed by atoms with Gasteiger partial charge in [-0.05, 0) is 25.5 Å². The molecule has 17 heavy (non-hydrogen) atoms. The maximum Gasteiger partial charge on any atom is 0.286 e. The first kappa shape index (κ1) is 11.3. The van der Waals surface area contributed by atoms with Crippen LogP contribution >= 0.6 is 0 Å². The molecule has 0 bridgehead atoms. The van der Waals surface area contributed by atoms with Crippen molar-refractivity contribution in [3.63, 3.8) is 0 Å². The minimum Gasteiger partial charge on any atom is -0.363 e. The molecule has 4 heteroatoms. The predicted molar refractivity (Wildman–Crippen MR) is 65.5 cm³/mol. The highest BCUT2D eigenvalue weighted by Crippen LogP contribution is 2.21. The van der Waals surface area contributed by atoms with E-state index in [1.54, 1.807) is 12.3 Å². The third kappa shape index (κ3) is 2.30. The zero-order valence-corrected chi connectivity index (χ0v) is 9.77. The van der Waals surface area contributed by atoms with Crippen molar-refractivity contribution < 1.29 is 4.79 Å². The van der Waals surface area contributed by atoms with Gasteiger partial charge in [0.05, 0.1) is 5.69 Å². The Hall–Kier alpha value is -2.23. The lowest BCUT2D eigenvalue weighted by Crippen LogP contribution is -2.15. The van der Waals surface area contributed by atoms with E-state index in [9.17, 15) is 4.79 Å². The van der Waals surface area contributed by atoms with Crippen molar-refractivity contribution in [2.45, 2.75) is 13.8 Å². The van der Waals surface area contributed by atoms with Gasteiger partial charge in [-0.1, -0.05) is 23.8 Å². The largest absolute Gasteiger partial charge is 0.363 e. The van der Waals surface area contributed by atoms with Gasteiger partial charge in [0.25, 0.3) is 5.91 Å². The number of hydrogen-bond donors (Lipinski definition) is 1. The number of nitrogens with zero attached hydrogens (tertiary/aromatic N) is 2. The summed E-state index contributed by atoms with van der Waals surface area (Å²) in [6.45, 7) is 4.04. The fourth-order valence-electron chi connectivity index (χ4n) is 1.73. The number of benzene rings is 1. The molecule has 1 heterocycles. The molecule has 0 fully saturated rings. The molecule has 2 N–H and O–H groups in total. The van der Waals surface area contributed by atoms with Gasteiger partial charge in [-0.3, -0.25) is 4.79 Å². The summed E-state index contributed by atoms with van der Waals surface area (Å²) in [5, 5.41) is 0. The van der Waals surface area contributed by atoms with Crippen LogP contribution in [0.4, 0.5) is 0 Å². The van der Waals surface area contributed by atoms with Crippen molar-refractivity contribution in [2.75, 3.05) is 0 Å². The zero-order valence-electron chi connectivity index (χ0n) is 9.77. The number of aryl methyl sites for hydroxylation is 2. The lowest BCUT2D eigenvalue weighted by Gasteiger charge is -2.06. The van der Waals surface area contributed by atoms with E-state index in [2.05, 4.69) is 16.0 Å². The van der Waals surface area contributed by atoms with Crippen LogP contribution in [-0.2, 0) is 0 Å². The topological polar surface area (TPSA) is 68.9 Å². The SMILES string of the molecule is Cc1ccc(-c2ccnc(C(N)=O)n2)c(C)c1. The first-order valence-corrected chi connectivity index (χ1v) is 5.28. The van der Waals surface area contributed by atoms with Crippen molar-refractivity contribution in [3.05, 3.63) is 47.4 Å². The van der Waals surface area contributed by atoms with Gasteiger partial charge in [0.2, 0.25) is 5.82 Å². The third-order valence-corrected chi connectivity index (χ3v) is 2.53. The van der Waals surface area contributed by atoms with Gasteiger partial charge in [0.15, 0.2) is 0 Å². The molecule has 86 valence electrons. The van der Waals surface area contributed by atoms with Gasteiger partial charge in [-0.2, -0.15) is 0 Å². The molecule has 2 rings (SSSR count). The first-order chi connectivity index (χ1) is 8.08. The number of primary amides is 1. The van der Waals surface area contributed by atoms with Crippen LogP contribution in [0.3, 0.4) is 0 Å². The minimum absolute atomic E-state index is 0.0440. The molecule has 1 aromatic heterocycles. The third-order valence-electron chi connectivity index (χ3n) is 2.53. The van der Waals surface area contributed by atoms with E-state index in [1.807, 2.05) is 26.0 Å². The average Bonchev–Trinajstić information content (AvgIpc) is 2.29. The summed E-state index contributed by atoms with van der Waals surface area (Å²) in [6, 6.07) is 7.83. The molecular formula is C13H13N3O. The quantitative estimate of drug-likeness (QED) is 0.851. The summed E-state index contributed by atoms with van der Waals surface area (Å²) in [6.07, 6.45) is 1.54. The molecule has 0 atom stereocenters. The van der Waals surface area contributed by atoms with E-state index >= 15 is 0 Å². The van der Waals surface area contributed by atoms with Crippen molar-refractivity contribution >= 4 is 5.91 Å². The Bertz CT molecular complexity index is 579. The number of carbonyl (C=O) groups excluding carboxylic acids is 1. The van der Waals surface area contributed by atoms with Crippen molar-refractivity contribution in [1.82, 2.24) is 9.97 Å². The standard InChI is InChI=1S/C13H13N3O/c1-8-3-4-10(9(2)7-8)11-5-6-15-13(16-11)12(14)17/h3-7H,1-2H3,(H2,14,17). The molecule has 0 radical (unpaired) electrons. The summed E-state index contributed by atoms with van der Waals surface area (Å²) in [5.41, 5.74) is 9.16. The van der Waals surface area contributed by atoms with Crippen molar-refractivity contribution in [2.24, 2.45) is 5.73 Å². The van der Waals surface area contributed by atoms with Crippen LogP contribution in [0.15, 0.2) is 30.5 Å². The van der Waals surface area contributed by atoms with Crippen molar-refractivity contribution in [1.29, 1.82) is 0 Å². The molecule has 0 aliphatic heterocycles. The molecular weight excluding hydrogens is 214 g/mol. The molecule has 4 nitrogen and oxygen atoms in total. The number of carbonyl (C=O) groups is 1. The summed E-state index contributed by atoms with van der Waals surface area (Å²) in [5.74, 6) is -0.570. The number of nitrogens with two attached hydrogens (primary N) is 1. The van der Waals surface area contributed by atoms with E-state index in [0.29, 0.717) is 5.69 Å². The summed E-state index contributed by atoms with van der Waals surface area (Å²) >= 11 is 0. The van der Waals surface area contributed by atoms with E-state index in [1.165, 1.54) is 5.56 Å². The molecule has 1 amide bonds. The maximum absolute atomic E-state index is 11.0. The van der Waals surface area contributed by atoms with Crippen LogP contribution in [0.5, 0.6) is 0 Å². The number of rotatable bonds is 2. The van der Waals surface area contributed by atoms with Gasteiger partial charge in [-0.15, -0.1) is 0 Å².